The van der Waals surface area contributed by atoms with Gasteiger partial charge in [0, 0.05) is 11.7 Å². The number of nitrogens with one attached hydrogen (secondary N) is 1. The summed E-state index contributed by atoms with van der Waals surface area (Å²) in [6, 6.07) is 0.302. The Morgan fingerprint density at radius 1 is 1.50 bits per heavy atom. The van der Waals surface area contributed by atoms with Crippen molar-refractivity contribution in [1.29, 1.82) is 0 Å². The van der Waals surface area contributed by atoms with Gasteiger partial charge < -0.3 is 14.8 Å². The van der Waals surface area contributed by atoms with Crippen LogP contribution < -0.4 is 5.32 Å². The number of rotatable bonds is 2. The van der Waals surface area contributed by atoms with Gasteiger partial charge in [0.15, 0.2) is 5.88 Å². The van der Waals surface area contributed by atoms with Gasteiger partial charge in [0.2, 0.25) is 0 Å². The predicted octanol–water partition coefficient (Wildman–Crippen LogP) is 1.97. The lowest BCUT2D eigenvalue weighted by atomic mass is 9.94. The van der Waals surface area contributed by atoms with Gasteiger partial charge in [-0.3, -0.25) is 4.90 Å². The van der Waals surface area contributed by atoms with Crippen molar-refractivity contribution in [2.24, 2.45) is 0 Å². The lowest BCUT2D eigenvalue weighted by molar-refractivity contribution is 0.0907. The molecule has 1 saturated heterocycles. The molecule has 2 unspecified atom stereocenters. The number of amides is 1. The maximum absolute atomic E-state index is 12.0. The summed E-state index contributed by atoms with van der Waals surface area (Å²) in [7, 11) is 1.63. The molecule has 0 saturated carbocycles. The van der Waals surface area contributed by atoms with Gasteiger partial charge in [-0.05, 0) is 38.8 Å². The fraction of sp³-hybridized carbons (Fsp3) is 0.615. The van der Waals surface area contributed by atoms with Crippen LogP contribution in [0.3, 0.4) is 0 Å². The zero-order chi connectivity index (χ0) is 13.1. The number of likely N-dealkylation sites (tertiary alicyclic amines) is 1. The highest BCUT2D eigenvalue weighted by molar-refractivity contribution is 5.71. The van der Waals surface area contributed by atoms with Crippen molar-refractivity contribution >= 4 is 6.09 Å². The van der Waals surface area contributed by atoms with Crippen LogP contribution in [-0.2, 0) is 9.47 Å². The van der Waals surface area contributed by atoms with Crippen LogP contribution >= 0.6 is 0 Å². The van der Waals surface area contributed by atoms with Crippen molar-refractivity contribution in [2.75, 3.05) is 13.7 Å². The summed E-state index contributed by atoms with van der Waals surface area (Å²) in [5.74, 6) is 0.738. The van der Waals surface area contributed by atoms with Gasteiger partial charge in [-0.1, -0.05) is 0 Å². The maximum Gasteiger partial charge on any atom is 0.414 e. The maximum atomic E-state index is 12.0. The second kappa shape index (κ2) is 5.33. The van der Waals surface area contributed by atoms with Gasteiger partial charge >= 0.3 is 6.09 Å². The number of nitrogens with zero attached hydrogens (tertiary/aromatic N) is 1. The zero-order valence-corrected chi connectivity index (χ0v) is 11.1. The molecule has 0 aliphatic carbocycles. The highest BCUT2D eigenvalue weighted by Gasteiger charge is 2.36. The number of hydrogen-bond acceptors (Lipinski definition) is 4. The standard InChI is InChI=1S/C13H20N2O3/c1-4-18-13(16)15-9(2)5-6-10-11(15)7-8-12(14-10)17-3/h7-10,14H,4-6H2,1-3H3. The largest absolute Gasteiger partial charge is 0.483 e. The third-order valence-corrected chi connectivity index (χ3v) is 3.36. The number of carbonyl (C=O) groups is 1. The van der Waals surface area contributed by atoms with E-state index < -0.39 is 0 Å². The Kier molecular flexibility index (Phi) is 3.79. The molecule has 2 aliphatic heterocycles. The normalized spacial score (nSPS) is 26.5. The van der Waals surface area contributed by atoms with E-state index in [4.69, 9.17) is 9.47 Å². The molecule has 2 aliphatic rings. The lowest BCUT2D eigenvalue weighted by Gasteiger charge is -2.41. The molecule has 0 aromatic heterocycles. The Morgan fingerprint density at radius 2 is 2.28 bits per heavy atom. The average molecular weight is 252 g/mol. The van der Waals surface area contributed by atoms with E-state index in [0.717, 1.165) is 24.4 Å². The number of hydrogen-bond donors (Lipinski definition) is 1. The molecule has 0 spiro atoms. The van der Waals surface area contributed by atoms with Gasteiger partial charge in [-0.25, -0.2) is 4.79 Å². The fourth-order valence-electron chi connectivity index (χ4n) is 2.44. The van der Waals surface area contributed by atoms with Crippen LogP contribution in [0.5, 0.6) is 0 Å². The number of carbonyl (C=O) groups excluding carboxylic acids is 1. The van der Waals surface area contributed by atoms with E-state index in [9.17, 15) is 4.79 Å². The molecule has 0 bridgehead atoms. The molecule has 100 valence electrons. The first kappa shape index (κ1) is 12.8. The summed E-state index contributed by atoms with van der Waals surface area (Å²) >= 11 is 0. The first-order chi connectivity index (χ1) is 8.67. The molecule has 1 fully saturated rings. The number of methoxy groups -OCH3 is 1. The van der Waals surface area contributed by atoms with E-state index in [2.05, 4.69) is 5.32 Å². The molecular formula is C13H20N2O3. The van der Waals surface area contributed by atoms with Crippen molar-refractivity contribution in [3.05, 3.63) is 23.7 Å². The number of fused-ring (bicyclic) bond motifs is 1. The topological polar surface area (TPSA) is 50.8 Å². The molecule has 5 nitrogen and oxygen atoms in total. The molecule has 5 heteroatoms. The van der Waals surface area contributed by atoms with E-state index in [1.165, 1.54) is 0 Å². The molecule has 1 amide bonds. The Hall–Kier alpha value is -1.65. The monoisotopic (exact) mass is 252 g/mol. The van der Waals surface area contributed by atoms with E-state index in [1.807, 2.05) is 26.0 Å². The summed E-state index contributed by atoms with van der Waals surface area (Å²) < 4.78 is 10.3. The van der Waals surface area contributed by atoms with Crippen LogP contribution in [0.25, 0.3) is 0 Å². The Bertz CT molecular complexity index is 390. The third-order valence-electron chi connectivity index (χ3n) is 3.36. The summed E-state index contributed by atoms with van der Waals surface area (Å²) in [4.78, 5) is 13.7. The molecule has 0 aromatic carbocycles. The van der Waals surface area contributed by atoms with Gasteiger partial charge in [-0.2, -0.15) is 0 Å². The van der Waals surface area contributed by atoms with Gasteiger partial charge in [0.05, 0.1) is 19.8 Å². The molecule has 2 heterocycles. The van der Waals surface area contributed by atoms with Crippen LogP contribution in [0.4, 0.5) is 4.79 Å². The quantitative estimate of drug-likeness (QED) is 0.816. The minimum Gasteiger partial charge on any atom is -0.483 e. The lowest BCUT2D eigenvalue weighted by Crippen LogP contribution is -2.51. The highest BCUT2D eigenvalue weighted by atomic mass is 16.6. The fourth-order valence-corrected chi connectivity index (χ4v) is 2.44. The Labute approximate surface area is 107 Å². The molecule has 1 N–H and O–H groups in total. The van der Waals surface area contributed by atoms with Crippen molar-refractivity contribution in [2.45, 2.75) is 38.8 Å². The highest BCUT2D eigenvalue weighted by Crippen LogP contribution is 2.29. The van der Waals surface area contributed by atoms with Crippen LogP contribution in [0, 0.1) is 0 Å². The summed E-state index contributed by atoms with van der Waals surface area (Å²) in [5.41, 5.74) is 0.966. The van der Waals surface area contributed by atoms with Gasteiger partial charge in [-0.15, -0.1) is 0 Å². The van der Waals surface area contributed by atoms with E-state index in [-0.39, 0.29) is 18.2 Å². The molecular weight excluding hydrogens is 232 g/mol. The van der Waals surface area contributed by atoms with E-state index in [0.29, 0.717) is 6.61 Å². The minimum absolute atomic E-state index is 0.130. The number of ether oxygens (including phenoxy) is 2. The third kappa shape index (κ3) is 2.30. The predicted molar refractivity (Wildman–Crippen MR) is 67.7 cm³/mol. The van der Waals surface area contributed by atoms with Crippen molar-refractivity contribution in [3.8, 4) is 0 Å². The summed E-state index contributed by atoms with van der Waals surface area (Å²) in [5, 5.41) is 3.27. The van der Waals surface area contributed by atoms with Crippen LogP contribution in [0.2, 0.25) is 0 Å². The van der Waals surface area contributed by atoms with E-state index in [1.54, 1.807) is 12.0 Å². The summed E-state index contributed by atoms with van der Waals surface area (Å²) in [6.07, 6.45) is 5.45. The second-order valence-electron chi connectivity index (χ2n) is 4.52. The molecule has 2 rings (SSSR count). The van der Waals surface area contributed by atoms with Crippen LogP contribution in [-0.4, -0.2) is 36.8 Å². The van der Waals surface area contributed by atoms with E-state index >= 15 is 0 Å². The second-order valence-corrected chi connectivity index (χ2v) is 4.52. The van der Waals surface area contributed by atoms with Crippen LogP contribution in [0.1, 0.15) is 26.7 Å². The number of allylic oxidation sites excluding steroid dienone is 2. The minimum atomic E-state index is -0.267. The Morgan fingerprint density at radius 3 is 2.94 bits per heavy atom. The van der Waals surface area contributed by atoms with Crippen molar-refractivity contribution in [1.82, 2.24) is 10.2 Å². The number of piperidine rings is 1. The smallest absolute Gasteiger partial charge is 0.414 e. The Balaban J connectivity index is 2.23. The van der Waals surface area contributed by atoms with Crippen molar-refractivity contribution in [3.63, 3.8) is 0 Å². The number of dihydropyridines is 1. The van der Waals surface area contributed by atoms with Gasteiger partial charge in [0.25, 0.3) is 0 Å². The molecule has 0 aromatic rings. The average Bonchev–Trinajstić information content (AvgIpc) is 2.38. The first-order valence-corrected chi connectivity index (χ1v) is 6.35. The zero-order valence-electron chi connectivity index (χ0n) is 11.1. The molecule has 2 atom stereocenters. The molecule has 0 radical (unpaired) electrons. The SMILES string of the molecule is CCOC(=O)N1C2=CC=C(OC)NC2CCC1C. The molecule has 18 heavy (non-hydrogen) atoms. The first-order valence-electron chi connectivity index (χ1n) is 6.35. The van der Waals surface area contributed by atoms with Crippen LogP contribution in [0.15, 0.2) is 23.7 Å². The van der Waals surface area contributed by atoms with Crippen molar-refractivity contribution < 1.29 is 14.3 Å². The summed E-state index contributed by atoms with van der Waals surface area (Å²) in [6.45, 7) is 4.26. The van der Waals surface area contributed by atoms with Gasteiger partial charge in [0.1, 0.15) is 0 Å².